The quantitative estimate of drug-likeness (QED) is 0.578. The second kappa shape index (κ2) is 4.37. The lowest BCUT2D eigenvalue weighted by atomic mass is 10.0. The number of benzene rings is 1. The molecule has 0 saturated heterocycles. The molecule has 0 atom stereocenters. The Morgan fingerprint density at radius 1 is 1.31 bits per heavy atom. The van der Waals surface area contributed by atoms with Crippen molar-refractivity contribution in [2.24, 2.45) is 0 Å². The van der Waals surface area contributed by atoms with E-state index in [1.165, 1.54) is 5.56 Å². The maximum absolute atomic E-state index is 10.5. The van der Waals surface area contributed by atoms with Crippen LogP contribution in [0.4, 0.5) is 5.69 Å². The van der Waals surface area contributed by atoms with E-state index in [1.54, 1.807) is 5.01 Å². The molecule has 0 aromatic heterocycles. The van der Waals surface area contributed by atoms with Crippen LogP contribution in [0.1, 0.15) is 12.0 Å². The molecule has 0 amide bonds. The van der Waals surface area contributed by atoms with Crippen molar-refractivity contribution in [2.75, 3.05) is 11.6 Å². The lowest BCUT2D eigenvalue weighted by Crippen LogP contribution is -3.00. The Balaban J connectivity index is 0.000000845. The van der Waals surface area contributed by atoms with Crippen molar-refractivity contribution in [3.05, 3.63) is 34.7 Å². The van der Waals surface area contributed by atoms with Crippen LogP contribution in [0.25, 0.3) is 0 Å². The largest absolute Gasteiger partial charge is 1.00 e. The number of hydrazine groups is 1. The average Bonchev–Trinajstić information content (AvgIpc) is 2.17. The minimum atomic E-state index is 0. The van der Waals surface area contributed by atoms with Crippen LogP contribution >= 0.6 is 0 Å². The van der Waals surface area contributed by atoms with Crippen LogP contribution in [-0.4, -0.2) is 6.54 Å². The fourth-order valence-electron chi connectivity index (χ4n) is 1.63. The number of hydrogen-bond donors (Lipinski definition) is 1. The van der Waals surface area contributed by atoms with E-state index in [4.69, 9.17) is 0 Å². The van der Waals surface area contributed by atoms with Crippen molar-refractivity contribution < 1.29 is 22.3 Å². The first-order chi connectivity index (χ1) is 5.92. The van der Waals surface area contributed by atoms with Gasteiger partial charge < -0.3 is 17.0 Å². The Hall–Kier alpha value is -0.900. The number of rotatable bonds is 1. The van der Waals surface area contributed by atoms with Gasteiger partial charge in [0.05, 0.1) is 6.54 Å². The van der Waals surface area contributed by atoms with Gasteiger partial charge >= 0.3 is 0 Å². The molecule has 1 aliphatic heterocycles. The Kier molecular flexibility index (Phi) is 3.42. The zero-order chi connectivity index (χ0) is 8.39. The van der Waals surface area contributed by atoms with Crippen molar-refractivity contribution in [2.45, 2.75) is 12.8 Å². The summed E-state index contributed by atoms with van der Waals surface area (Å²) in [6, 6.07) is 8.00. The van der Waals surface area contributed by atoms with E-state index in [1.807, 2.05) is 23.5 Å². The molecule has 4 heteroatoms. The van der Waals surface area contributed by atoms with Crippen molar-refractivity contribution in [3.8, 4) is 0 Å². The SMILES string of the molecule is O=[NH+]N1CCCc2ccccc21.[Br-]. The molecule has 70 valence electrons. The predicted octanol–water partition coefficient (Wildman–Crippen LogP) is -2.79. The molecule has 0 unspecified atom stereocenters. The second-order valence-corrected chi connectivity index (χ2v) is 2.98. The smallest absolute Gasteiger partial charge is 0.107 e. The van der Waals surface area contributed by atoms with Crippen molar-refractivity contribution in [3.63, 3.8) is 0 Å². The summed E-state index contributed by atoms with van der Waals surface area (Å²) < 4.78 is 0. The highest BCUT2D eigenvalue weighted by Gasteiger charge is 2.19. The van der Waals surface area contributed by atoms with Gasteiger partial charge in [-0.2, -0.15) is 0 Å². The molecular formula is C9H11BrN2O. The fraction of sp³-hybridized carbons (Fsp3) is 0.333. The molecule has 0 radical (unpaired) electrons. The molecule has 0 aliphatic carbocycles. The number of nitrogens with one attached hydrogen (secondary N) is 1. The number of anilines is 1. The van der Waals surface area contributed by atoms with Gasteiger partial charge in [0.15, 0.2) is 0 Å². The number of aryl methyl sites for hydroxylation is 1. The van der Waals surface area contributed by atoms with Gasteiger partial charge in [0.2, 0.25) is 0 Å². The molecule has 0 spiro atoms. The van der Waals surface area contributed by atoms with Crippen LogP contribution in [0, 0.1) is 4.91 Å². The summed E-state index contributed by atoms with van der Waals surface area (Å²) in [6.45, 7) is 0.806. The van der Waals surface area contributed by atoms with Gasteiger partial charge in [0, 0.05) is 4.91 Å². The summed E-state index contributed by atoms with van der Waals surface area (Å²) >= 11 is 0. The first-order valence-corrected chi connectivity index (χ1v) is 4.15. The Morgan fingerprint density at radius 3 is 2.85 bits per heavy atom. The van der Waals surface area contributed by atoms with E-state index in [0.717, 1.165) is 25.1 Å². The number of fused-ring (bicyclic) bond motifs is 1. The van der Waals surface area contributed by atoms with E-state index < -0.39 is 0 Å². The van der Waals surface area contributed by atoms with Gasteiger partial charge in [0.1, 0.15) is 11.0 Å². The summed E-state index contributed by atoms with van der Waals surface area (Å²) in [4.78, 5) is 10.5. The maximum Gasteiger partial charge on any atom is 0.107 e. The zero-order valence-corrected chi connectivity index (χ0v) is 8.75. The van der Waals surface area contributed by atoms with Gasteiger partial charge in [-0.05, 0) is 24.5 Å². The first-order valence-electron chi connectivity index (χ1n) is 4.15. The molecule has 2 rings (SSSR count). The van der Waals surface area contributed by atoms with Crippen molar-refractivity contribution in [1.82, 2.24) is 0 Å². The zero-order valence-electron chi connectivity index (χ0n) is 7.16. The molecule has 0 bridgehead atoms. The van der Waals surface area contributed by atoms with E-state index in [-0.39, 0.29) is 17.0 Å². The molecule has 1 aliphatic rings. The third-order valence-electron chi connectivity index (χ3n) is 2.22. The molecule has 1 aromatic rings. The third-order valence-corrected chi connectivity index (χ3v) is 2.22. The Labute approximate surface area is 87.5 Å². The van der Waals surface area contributed by atoms with Crippen LogP contribution in [0.15, 0.2) is 24.3 Å². The lowest BCUT2D eigenvalue weighted by Gasteiger charge is -2.18. The average molecular weight is 243 g/mol. The van der Waals surface area contributed by atoms with E-state index in [9.17, 15) is 4.91 Å². The molecule has 1 heterocycles. The van der Waals surface area contributed by atoms with Crippen LogP contribution < -0.4 is 27.3 Å². The van der Waals surface area contributed by atoms with Crippen LogP contribution in [0.3, 0.4) is 0 Å². The van der Waals surface area contributed by atoms with Gasteiger partial charge in [0.25, 0.3) is 0 Å². The minimum absolute atomic E-state index is 0. The second-order valence-electron chi connectivity index (χ2n) is 2.98. The van der Waals surface area contributed by atoms with E-state index >= 15 is 0 Å². The maximum atomic E-state index is 10.5. The summed E-state index contributed by atoms with van der Waals surface area (Å²) in [6.07, 6.45) is 2.13. The normalized spacial score (nSPS) is 14.3. The van der Waals surface area contributed by atoms with Crippen LogP contribution in [-0.2, 0) is 6.42 Å². The number of halogens is 1. The minimum Gasteiger partial charge on any atom is -1.00 e. The van der Waals surface area contributed by atoms with Gasteiger partial charge in [-0.3, -0.25) is 0 Å². The first kappa shape index (κ1) is 10.2. The third kappa shape index (κ3) is 1.88. The fourth-order valence-corrected chi connectivity index (χ4v) is 1.63. The predicted molar refractivity (Wildman–Crippen MR) is 46.4 cm³/mol. The van der Waals surface area contributed by atoms with E-state index in [2.05, 4.69) is 6.07 Å². The Bertz CT molecular complexity index is 303. The lowest BCUT2D eigenvalue weighted by molar-refractivity contribution is -0.496. The number of nitroso groups, excluding NO2 is 1. The van der Waals surface area contributed by atoms with Crippen LogP contribution in [0.5, 0.6) is 0 Å². The standard InChI is InChI=1S/C9H10N2O.BrH/c12-10-11-7-3-5-8-4-1-2-6-9(8)11;/h1-2,4,6H,3,5,7H2;1H. The highest BCUT2D eigenvalue weighted by molar-refractivity contribution is 5.52. The van der Waals surface area contributed by atoms with Gasteiger partial charge in [-0.15, -0.1) is 5.01 Å². The van der Waals surface area contributed by atoms with Crippen LogP contribution in [0.2, 0.25) is 0 Å². The summed E-state index contributed by atoms with van der Waals surface area (Å²) in [5.41, 5.74) is 2.28. The number of para-hydroxylation sites is 1. The van der Waals surface area contributed by atoms with Crippen molar-refractivity contribution >= 4 is 5.69 Å². The monoisotopic (exact) mass is 242 g/mol. The van der Waals surface area contributed by atoms with Gasteiger partial charge in [-0.1, -0.05) is 18.2 Å². The highest BCUT2D eigenvalue weighted by Crippen LogP contribution is 2.22. The molecule has 1 aromatic carbocycles. The number of nitrogens with zero attached hydrogens (tertiary/aromatic N) is 1. The van der Waals surface area contributed by atoms with Crippen molar-refractivity contribution in [1.29, 1.82) is 0 Å². The van der Waals surface area contributed by atoms with E-state index in [0.29, 0.717) is 0 Å². The molecule has 3 nitrogen and oxygen atoms in total. The molecular weight excluding hydrogens is 232 g/mol. The van der Waals surface area contributed by atoms with Gasteiger partial charge in [-0.25, -0.2) is 0 Å². The molecule has 0 fully saturated rings. The topological polar surface area (TPSA) is 34.3 Å². The molecule has 13 heavy (non-hydrogen) atoms. The molecule has 0 saturated carbocycles. The Morgan fingerprint density at radius 2 is 2.08 bits per heavy atom. The molecule has 1 N–H and O–H groups in total. The summed E-state index contributed by atoms with van der Waals surface area (Å²) in [7, 11) is 0. The summed E-state index contributed by atoms with van der Waals surface area (Å²) in [5, 5.41) is 3.60. The summed E-state index contributed by atoms with van der Waals surface area (Å²) in [5.74, 6) is 0. The number of hydrogen-bond acceptors (Lipinski definition) is 1. The highest BCUT2D eigenvalue weighted by atomic mass is 79.9.